The molecule has 2 amide bonds. The summed E-state index contributed by atoms with van der Waals surface area (Å²) in [6.07, 6.45) is -0.938. The molecule has 0 aliphatic carbocycles. The van der Waals surface area contributed by atoms with Crippen molar-refractivity contribution in [3.63, 3.8) is 0 Å². The van der Waals surface area contributed by atoms with Gasteiger partial charge in [-0.05, 0) is 55.3 Å². The number of benzene rings is 2. The largest absolute Gasteiger partial charge is 0.573 e. The molecule has 2 aromatic carbocycles. The second-order valence-corrected chi connectivity index (χ2v) is 7.73. The number of carbonyl (C=O) groups excluding carboxylic acids is 2. The van der Waals surface area contributed by atoms with E-state index in [9.17, 15) is 22.8 Å². The number of alkyl halides is 3. The molecule has 0 spiro atoms. The first-order valence-corrected chi connectivity index (χ1v) is 10.9. The molecule has 2 heterocycles. The van der Waals surface area contributed by atoms with Crippen molar-refractivity contribution in [1.29, 1.82) is 0 Å². The number of para-hydroxylation sites is 1. The maximum absolute atomic E-state index is 13.3. The minimum Gasteiger partial charge on any atom is -0.493 e. The molecule has 0 fully saturated rings. The maximum Gasteiger partial charge on any atom is 0.573 e. The third kappa shape index (κ3) is 5.80. The van der Waals surface area contributed by atoms with Gasteiger partial charge < -0.3 is 14.8 Å². The lowest BCUT2D eigenvalue weighted by Gasteiger charge is -2.25. The number of halogens is 3. The van der Waals surface area contributed by atoms with Crippen LogP contribution in [0.4, 0.5) is 18.9 Å². The molecule has 0 saturated heterocycles. The third-order valence-corrected chi connectivity index (χ3v) is 5.33. The van der Waals surface area contributed by atoms with Gasteiger partial charge in [-0.25, -0.2) is 5.01 Å². The molecule has 0 unspecified atom stereocenters. The van der Waals surface area contributed by atoms with Gasteiger partial charge in [0.2, 0.25) is 0 Å². The van der Waals surface area contributed by atoms with Crippen LogP contribution in [0.1, 0.15) is 39.1 Å². The van der Waals surface area contributed by atoms with E-state index >= 15 is 0 Å². The zero-order chi connectivity index (χ0) is 25.7. The number of hydrogen-bond acceptors (Lipinski definition) is 6. The lowest BCUT2D eigenvalue weighted by Crippen LogP contribution is -2.33. The number of ether oxygens (including phenoxy) is 2. The van der Waals surface area contributed by atoms with E-state index in [0.29, 0.717) is 41.9 Å². The van der Waals surface area contributed by atoms with E-state index in [4.69, 9.17) is 4.74 Å². The van der Waals surface area contributed by atoms with Crippen LogP contribution in [0.5, 0.6) is 11.5 Å². The van der Waals surface area contributed by atoms with Crippen LogP contribution in [-0.2, 0) is 0 Å². The standard InChI is InChI=1S/C25H21F3N4O4/c1-35-21-9-8-17(15-22(21)36-25(26,27)28)19-7-4-14-32(31-19)24(34)18-5-2-3-6-20(18)30-23(33)16-10-12-29-13-11-16/h2-3,5-6,8-13,15H,4,7,14H2,1H3,(H,30,33). The summed E-state index contributed by atoms with van der Waals surface area (Å²) in [6, 6.07) is 13.7. The van der Waals surface area contributed by atoms with Crippen LogP contribution in [0.2, 0.25) is 0 Å². The summed E-state index contributed by atoms with van der Waals surface area (Å²) < 4.78 is 47.5. The first kappa shape index (κ1) is 24.7. The number of anilines is 1. The molecule has 0 radical (unpaired) electrons. The smallest absolute Gasteiger partial charge is 0.493 e. The van der Waals surface area contributed by atoms with Crippen molar-refractivity contribution in [3.05, 3.63) is 83.7 Å². The Morgan fingerprint density at radius 2 is 1.78 bits per heavy atom. The van der Waals surface area contributed by atoms with Crippen molar-refractivity contribution in [1.82, 2.24) is 9.99 Å². The molecule has 0 bridgehead atoms. The zero-order valence-electron chi connectivity index (χ0n) is 19.1. The van der Waals surface area contributed by atoms with Gasteiger partial charge in [0.05, 0.1) is 24.1 Å². The number of amides is 2. The van der Waals surface area contributed by atoms with Gasteiger partial charge in [-0.3, -0.25) is 14.6 Å². The Balaban J connectivity index is 1.59. The number of rotatable bonds is 6. The van der Waals surface area contributed by atoms with Crippen LogP contribution in [0.25, 0.3) is 0 Å². The van der Waals surface area contributed by atoms with Gasteiger partial charge >= 0.3 is 6.36 Å². The van der Waals surface area contributed by atoms with Crippen LogP contribution < -0.4 is 14.8 Å². The molecule has 0 saturated carbocycles. The number of aromatic nitrogens is 1. The summed E-state index contributed by atoms with van der Waals surface area (Å²) in [7, 11) is 1.24. The van der Waals surface area contributed by atoms with Gasteiger partial charge in [0.1, 0.15) is 0 Å². The fourth-order valence-corrected chi connectivity index (χ4v) is 3.67. The summed E-state index contributed by atoms with van der Waals surface area (Å²) in [6.45, 7) is 0.303. The number of nitrogens with zero attached hydrogens (tertiary/aromatic N) is 3. The summed E-state index contributed by atoms with van der Waals surface area (Å²) in [5, 5.41) is 8.37. The van der Waals surface area contributed by atoms with Gasteiger partial charge in [-0.1, -0.05) is 12.1 Å². The van der Waals surface area contributed by atoms with E-state index < -0.39 is 23.9 Å². The molecule has 1 aromatic heterocycles. The number of pyridine rings is 1. The van der Waals surface area contributed by atoms with Gasteiger partial charge in [0.15, 0.2) is 11.5 Å². The third-order valence-electron chi connectivity index (χ3n) is 5.33. The highest BCUT2D eigenvalue weighted by Crippen LogP contribution is 2.34. The first-order chi connectivity index (χ1) is 17.2. The normalized spacial score (nSPS) is 13.6. The topological polar surface area (TPSA) is 93.1 Å². The van der Waals surface area contributed by atoms with Crippen molar-refractivity contribution < 1.29 is 32.2 Å². The Morgan fingerprint density at radius 1 is 1.03 bits per heavy atom. The zero-order valence-corrected chi connectivity index (χ0v) is 19.1. The van der Waals surface area contributed by atoms with E-state index in [2.05, 4.69) is 20.1 Å². The quantitative estimate of drug-likeness (QED) is 0.523. The van der Waals surface area contributed by atoms with E-state index in [1.54, 1.807) is 42.5 Å². The fourth-order valence-electron chi connectivity index (χ4n) is 3.67. The van der Waals surface area contributed by atoms with Crippen molar-refractivity contribution in [2.24, 2.45) is 5.10 Å². The SMILES string of the molecule is COc1ccc(C2=NN(C(=O)c3ccccc3NC(=O)c3ccncc3)CCC2)cc1OC(F)(F)F. The fraction of sp³-hybridized carbons (Fsp3) is 0.200. The molecule has 8 nitrogen and oxygen atoms in total. The lowest BCUT2D eigenvalue weighted by atomic mass is 10.0. The molecule has 1 aliphatic heterocycles. The predicted molar refractivity (Wildman–Crippen MR) is 125 cm³/mol. The van der Waals surface area contributed by atoms with Crippen molar-refractivity contribution >= 4 is 23.2 Å². The number of methoxy groups -OCH3 is 1. The van der Waals surface area contributed by atoms with E-state index in [0.717, 1.165) is 0 Å². The second kappa shape index (κ2) is 10.5. The Bertz CT molecular complexity index is 1300. The summed E-state index contributed by atoms with van der Waals surface area (Å²) in [4.78, 5) is 29.8. The van der Waals surface area contributed by atoms with Crippen molar-refractivity contribution in [2.75, 3.05) is 19.0 Å². The van der Waals surface area contributed by atoms with Crippen LogP contribution >= 0.6 is 0 Å². The van der Waals surface area contributed by atoms with Crippen LogP contribution in [-0.4, -0.2) is 47.5 Å². The molecule has 36 heavy (non-hydrogen) atoms. The molecule has 1 N–H and O–H groups in total. The Kier molecular flexibility index (Phi) is 7.18. The molecular weight excluding hydrogens is 477 g/mol. The predicted octanol–water partition coefficient (Wildman–Crippen LogP) is 4.88. The van der Waals surface area contributed by atoms with E-state index in [1.807, 2.05) is 0 Å². The molecule has 186 valence electrons. The molecule has 1 aliphatic rings. The minimum absolute atomic E-state index is 0.0840. The van der Waals surface area contributed by atoms with Gasteiger partial charge in [0.25, 0.3) is 11.8 Å². The highest BCUT2D eigenvalue weighted by atomic mass is 19.4. The number of carbonyl (C=O) groups is 2. The average molecular weight is 498 g/mol. The Labute approximate surface area is 204 Å². The monoisotopic (exact) mass is 498 g/mol. The summed E-state index contributed by atoms with van der Waals surface area (Å²) in [5.41, 5.74) is 1.69. The molecule has 11 heteroatoms. The van der Waals surface area contributed by atoms with E-state index in [1.165, 1.54) is 36.6 Å². The average Bonchev–Trinajstić information content (AvgIpc) is 2.88. The molecule has 4 rings (SSSR count). The van der Waals surface area contributed by atoms with Gasteiger partial charge in [-0.2, -0.15) is 5.10 Å². The number of hydrogen-bond donors (Lipinski definition) is 1. The second-order valence-electron chi connectivity index (χ2n) is 7.73. The van der Waals surface area contributed by atoms with Crippen LogP contribution in [0.3, 0.4) is 0 Å². The van der Waals surface area contributed by atoms with Gasteiger partial charge in [-0.15, -0.1) is 13.2 Å². The van der Waals surface area contributed by atoms with Crippen molar-refractivity contribution in [2.45, 2.75) is 19.2 Å². The summed E-state index contributed by atoms with van der Waals surface area (Å²) in [5.74, 6) is -1.45. The molecular formula is C25H21F3N4O4. The number of nitrogens with one attached hydrogen (secondary N) is 1. The number of hydrazone groups is 1. The van der Waals surface area contributed by atoms with Crippen LogP contribution in [0.15, 0.2) is 72.1 Å². The van der Waals surface area contributed by atoms with Crippen LogP contribution in [0, 0.1) is 0 Å². The molecule has 3 aromatic rings. The Morgan fingerprint density at radius 3 is 2.50 bits per heavy atom. The minimum atomic E-state index is -4.90. The highest BCUT2D eigenvalue weighted by Gasteiger charge is 2.33. The Hall–Kier alpha value is -4.41. The van der Waals surface area contributed by atoms with Gasteiger partial charge in [0, 0.05) is 30.1 Å². The van der Waals surface area contributed by atoms with Crippen molar-refractivity contribution in [3.8, 4) is 11.5 Å². The lowest BCUT2D eigenvalue weighted by molar-refractivity contribution is -0.275. The molecule has 0 atom stereocenters. The first-order valence-electron chi connectivity index (χ1n) is 10.9. The maximum atomic E-state index is 13.3. The van der Waals surface area contributed by atoms with E-state index in [-0.39, 0.29) is 11.3 Å². The summed E-state index contributed by atoms with van der Waals surface area (Å²) >= 11 is 0. The highest BCUT2D eigenvalue weighted by molar-refractivity contribution is 6.09.